The van der Waals surface area contributed by atoms with E-state index in [1.807, 2.05) is 26.1 Å². The quantitative estimate of drug-likeness (QED) is 0.462. The summed E-state index contributed by atoms with van der Waals surface area (Å²) in [4.78, 5) is 19.5. The van der Waals surface area contributed by atoms with Crippen LogP contribution in [-0.4, -0.2) is 43.9 Å². The van der Waals surface area contributed by atoms with Gasteiger partial charge in [0.15, 0.2) is 5.69 Å². The highest BCUT2D eigenvalue weighted by molar-refractivity contribution is 5.97. The minimum Gasteiger partial charge on any atom is -0.493 e. The summed E-state index contributed by atoms with van der Waals surface area (Å²) in [6, 6.07) is 13.5. The van der Waals surface area contributed by atoms with Gasteiger partial charge < -0.3 is 14.2 Å². The highest BCUT2D eigenvalue weighted by Crippen LogP contribution is 2.32. The number of aryl methyl sites for hydroxylation is 1. The predicted octanol–water partition coefficient (Wildman–Crippen LogP) is 3.87. The van der Waals surface area contributed by atoms with Crippen LogP contribution in [0.15, 0.2) is 53.1 Å². The van der Waals surface area contributed by atoms with Gasteiger partial charge in [-0.1, -0.05) is 29.4 Å². The van der Waals surface area contributed by atoms with E-state index in [4.69, 9.17) is 9.26 Å². The number of hydrogen-bond acceptors (Lipinski definition) is 6. The van der Waals surface area contributed by atoms with Crippen LogP contribution in [0.2, 0.25) is 0 Å². The Morgan fingerprint density at radius 2 is 1.97 bits per heavy atom. The molecule has 2 aromatic heterocycles. The standard InChI is InChI=1S/C24H22FN5O3/c1-3-32-20-11-7-5-9-16(20)24(31)30-13-12-19-17(14-30)21(27-29(19)2)23-26-22(28-33-23)15-8-4-6-10-18(15)25/h4-11H,3,12-14H2,1-2H3. The van der Waals surface area contributed by atoms with Crippen LogP contribution in [0.4, 0.5) is 4.39 Å². The van der Waals surface area contributed by atoms with Gasteiger partial charge >= 0.3 is 0 Å². The Bertz CT molecular complexity index is 1330. The number of aromatic nitrogens is 4. The number of rotatable bonds is 5. The number of carbonyl (C=O) groups excluding carboxylic acids is 1. The van der Waals surface area contributed by atoms with E-state index in [0.717, 1.165) is 11.3 Å². The number of halogens is 1. The van der Waals surface area contributed by atoms with Crippen LogP contribution in [0.3, 0.4) is 0 Å². The highest BCUT2D eigenvalue weighted by Gasteiger charge is 2.31. The molecule has 0 bridgehead atoms. The molecule has 0 unspecified atom stereocenters. The SMILES string of the molecule is CCOc1ccccc1C(=O)N1CCc2c(c(-c3nc(-c4ccccc4F)no3)nn2C)C1. The summed E-state index contributed by atoms with van der Waals surface area (Å²) >= 11 is 0. The van der Waals surface area contributed by atoms with Gasteiger partial charge in [-0.15, -0.1) is 0 Å². The second kappa shape index (κ2) is 8.50. The average molecular weight is 447 g/mol. The molecule has 0 radical (unpaired) electrons. The minimum atomic E-state index is -0.433. The Balaban J connectivity index is 1.47. The number of fused-ring (bicyclic) bond motifs is 1. The number of ether oxygens (including phenoxy) is 1. The van der Waals surface area contributed by atoms with Crippen molar-refractivity contribution in [2.45, 2.75) is 19.9 Å². The van der Waals surface area contributed by atoms with Gasteiger partial charge in [0.2, 0.25) is 5.82 Å². The zero-order chi connectivity index (χ0) is 22.9. The molecule has 1 amide bonds. The van der Waals surface area contributed by atoms with Gasteiger partial charge in [-0.2, -0.15) is 10.1 Å². The van der Waals surface area contributed by atoms with Crippen molar-refractivity contribution in [3.8, 4) is 28.7 Å². The fraction of sp³-hybridized carbons (Fsp3) is 0.250. The van der Waals surface area contributed by atoms with Crippen LogP contribution in [0.5, 0.6) is 5.75 Å². The van der Waals surface area contributed by atoms with Gasteiger partial charge in [-0.05, 0) is 31.2 Å². The van der Waals surface area contributed by atoms with E-state index in [1.54, 1.807) is 39.9 Å². The highest BCUT2D eigenvalue weighted by atomic mass is 19.1. The first kappa shape index (κ1) is 20.9. The maximum atomic E-state index is 14.2. The number of nitrogens with zero attached hydrogens (tertiary/aromatic N) is 5. The average Bonchev–Trinajstić information content (AvgIpc) is 3.44. The van der Waals surface area contributed by atoms with E-state index >= 15 is 0 Å². The van der Waals surface area contributed by atoms with Crippen LogP contribution in [0, 0.1) is 5.82 Å². The summed E-state index contributed by atoms with van der Waals surface area (Å²) in [7, 11) is 1.85. The van der Waals surface area contributed by atoms with Gasteiger partial charge in [-0.25, -0.2) is 4.39 Å². The number of amides is 1. The molecule has 0 N–H and O–H groups in total. The van der Waals surface area contributed by atoms with E-state index < -0.39 is 5.82 Å². The lowest BCUT2D eigenvalue weighted by Crippen LogP contribution is -2.36. The third-order valence-corrected chi connectivity index (χ3v) is 5.69. The predicted molar refractivity (Wildman–Crippen MR) is 118 cm³/mol. The van der Waals surface area contributed by atoms with Crippen molar-refractivity contribution >= 4 is 5.91 Å². The van der Waals surface area contributed by atoms with Crippen LogP contribution in [-0.2, 0) is 20.0 Å². The molecular formula is C24H22FN5O3. The smallest absolute Gasteiger partial charge is 0.279 e. The summed E-state index contributed by atoms with van der Waals surface area (Å²) < 4.78 is 27.0. The van der Waals surface area contributed by atoms with Gasteiger partial charge in [0.25, 0.3) is 11.8 Å². The molecule has 0 spiro atoms. The van der Waals surface area contributed by atoms with Crippen molar-refractivity contribution in [3.05, 3.63) is 71.2 Å². The number of para-hydroxylation sites is 1. The van der Waals surface area contributed by atoms with E-state index in [9.17, 15) is 9.18 Å². The van der Waals surface area contributed by atoms with Crippen molar-refractivity contribution in [1.29, 1.82) is 0 Å². The molecule has 8 nitrogen and oxygen atoms in total. The molecule has 168 valence electrons. The lowest BCUT2D eigenvalue weighted by molar-refractivity contribution is 0.0729. The van der Waals surface area contributed by atoms with Crippen molar-refractivity contribution in [3.63, 3.8) is 0 Å². The summed E-state index contributed by atoms with van der Waals surface area (Å²) in [5, 5.41) is 8.51. The van der Waals surface area contributed by atoms with Gasteiger partial charge in [0.1, 0.15) is 11.6 Å². The van der Waals surface area contributed by atoms with E-state index in [-0.39, 0.29) is 23.2 Å². The summed E-state index contributed by atoms with van der Waals surface area (Å²) in [6.07, 6.45) is 0.635. The van der Waals surface area contributed by atoms with Gasteiger partial charge in [0, 0.05) is 31.3 Å². The fourth-order valence-corrected chi connectivity index (χ4v) is 4.10. The van der Waals surface area contributed by atoms with Crippen molar-refractivity contribution in [2.75, 3.05) is 13.2 Å². The van der Waals surface area contributed by atoms with Crippen molar-refractivity contribution in [2.24, 2.45) is 7.05 Å². The van der Waals surface area contributed by atoms with Crippen molar-refractivity contribution < 1.29 is 18.4 Å². The molecule has 1 aliphatic heterocycles. The molecule has 1 aliphatic rings. The second-order valence-electron chi connectivity index (χ2n) is 7.71. The maximum Gasteiger partial charge on any atom is 0.279 e. The maximum absolute atomic E-state index is 14.2. The molecule has 3 heterocycles. The Morgan fingerprint density at radius 3 is 2.79 bits per heavy atom. The zero-order valence-electron chi connectivity index (χ0n) is 18.3. The lowest BCUT2D eigenvalue weighted by Gasteiger charge is -2.28. The normalized spacial score (nSPS) is 13.1. The van der Waals surface area contributed by atoms with Crippen LogP contribution < -0.4 is 4.74 Å². The first-order valence-electron chi connectivity index (χ1n) is 10.7. The molecule has 33 heavy (non-hydrogen) atoms. The lowest BCUT2D eigenvalue weighted by atomic mass is 10.0. The van der Waals surface area contributed by atoms with E-state index in [0.29, 0.717) is 43.1 Å². The monoisotopic (exact) mass is 447 g/mol. The molecule has 2 aromatic carbocycles. The van der Waals surface area contributed by atoms with Crippen molar-refractivity contribution in [1.82, 2.24) is 24.8 Å². The first-order valence-corrected chi connectivity index (χ1v) is 10.7. The Labute approximate surface area is 189 Å². The fourth-order valence-electron chi connectivity index (χ4n) is 4.10. The number of hydrogen-bond donors (Lipinski definition) is 0. The topological polar surface area (TPSA) is 86.3 Å². The molecule has 0 saturated carbocycles. The summed E-state index contributed by atoms with van der Waals surface area (Å²) in [5.41, 5.74) is 3.11. The number of carbonyl (C=O) groups is 1. The van der Waals surface area contributed by atoms with Crippen LogP contribution >= 0.6 is 0 Å². The van der Waals surface area contributed by atoms with Gasteiger partial charge in [-0.3, -0.25) is 9.48 Å². The molecule has 0 atom stereocenters. The molecule has 9 heteroatoms. The molecular weight excluding hydrogens is 425 g/mol. The van der Waals surface area contributed by atoms with E-state index in [1.165, 1.54) is 6.07 Å². The molecule has 0 fully saturated rings. The zero-order valence-corrected chi connectivity index (χ0v) is 18.3. The van der Waals surface area contributed by atoms with Crippen LogP contribution in [0.1, 0.15) is 28.5 Å². The largest absolute Gasteiger partial charge is 0.493 e. The van der Waals surface area contributed by atoms with Crippen LogP contribution in [0.25, 0.3) is 23.0 Å². The second-order valence-corrected chi connectivity index (χ2v) is 7.71. The third kappa shape index (κ3) is 3.75. The number of benzene rings is 2. The molecule has 5 rings (SSSR count). The summed E-state index contributed by atoms with van der Waals surface area (Å²) in [5.74, 6) is 0.356. The first-order chi connectivity index (χ1) is 16.1. The molecule has 0 saturated heterocycles. The summed E-state index contributed by atoms with van der Waals surface area (Å²) in [6.45, 7) is 3.25. The Morgan fingerprint density at radius 1 is 1.18 bits per heavy atom. The minimum absolute atomic E-state index is 0.114. The Hall–Kier alpha value is -4.01. The van der Waals surface area contributed by atoms with Gasteiger partial charge in [0.05, 0.1) is 24.3 Å². The Kier molecular flexibility index (Phi) is 5.37. The molecule has 0 aliphatic carbocycles. The molecule has 4 aromatic rings. The van der Waals surface area contributed by atoms with E-state index in [2.05, 4.69) is 15.2 Å². The third-order valence-electron chi connectivity index (χ3n) is 5.69.